The highest BCUT2D eigenvalue weighted by Crippen LogP contribution is 2.30. The molecule has 4 heteroatoms. The molecular weight excluding hydrogens is 185 g/mol. The van der Waals surface area contributed by atoms with E-state index < -0.39 is 5.82 Å². The second-order valence-corrected chi connectivity index (χ2v) is 2.93. The van der Waals surface area contributed by atoms with E-state index in [0.29, 0.717) is 5.56 Å². The Balaban J connectivity index is 2.69. The van der Waals surface area contributed by atoms with Crippen LogP contribution >= 0.6 is 0 Å². The molecule has 0 aromatic heterocycles. The molecule has 1 aromatic rings. The molecule has 1 aliphatic heterocycles. The number of hydrogen-bond acceptors (Lipinski definition) is 3. The van der Waals surface area contributed by atoms with Crippen LogP contribution in [-0.4, -0.2) is 12.4 Å². The van der Waals surface area contributed by atoms with Crippen molar-refractivity contribution in [1.82, 2.24) is 0 Å². The molecule has 0 aliphatic carbocycles. The van der Waals surface area contributed by atoms with Gasteiger partial charge in [0, 0.05) is 6.42 Å². The van der Waals surface area contributed by atoms with E-state index in [1.165, 1.54) is 6.07 Å². The van der Waals surface area contributed by atoms with Gasteiger partial charge in [-0.15, -0.1) is 0 Å². The molecule has 0 unspecified atom stereocenters. The van der Waals surface area contributed by atoms with E-state index >= 15 is 0 Å². The van der Waals surface area contributed by atoms with E-state index in [2.05, 4.69) is 0 Å². The number of carbonyl (C=O) groups is 1. The Labute approximate surface area is 79.7 Å². The van der Waals surface area contributed by atoms with Gasteiger partial charge in [0.05, 0.1) is 12.2 Å². The first-order valence-electron chi connectivity index (χ1n) is 4.12. The molecule has 14 heavy (non-hydrogen) atoms. The number of nitrogens with zero attached hydrogens (tertiary/aromatic N) is 1. The van der Waals surface area contributed by atoms with Crippen LogP contribution in [0.5, 0.6) is 5.75 Å². The van der Waals surface area contributed by atoms with Gasteiger partial charge >= 0.3 is 0 Å². The van der Waals surface area contributed by atoms with Gasteiger partial charge in [-0.2, -0.15) is 5.26 Å². The Morgan fingerprint density at radius 3 is 3.00 bits per heavy atom. The van der Waals surface area contributed by atoms with Crippen molar-refractivity contribution in [3.8, 4) is 11.8 Å². The van der Waals surface area contributed by atoms with E-state index in [0.717, 1.165) is 6.07 Å². The average molecular weight is 191 g/mol. The monoisotopic (exact) mass is 191 g/mol. The van der Waals surface area contributed by atoms with Crippen LogP contribution in [0.4, 0.5) is 4.39 Å². The fraction of sp³-hybridized carbons (Fsp3) is 0.200. The number of hydrogen-bond donors (Lipinski definition) is 0. The van der Waals surface area contributed by atoms with E-state index in [9.17, 15) is 9.18 Å². The van der Waals surface area contributed by atoms with Gasteiger partial charge in [-0.05, 0) is 12.1 Å². The normalized spacial score (nSPS) is 14.1. The third-order valence-electron chi connectivity index (χ3n) is 2.09. The maximum Gasteiger partial charge on any atom is 0.170 e. The number of carbonyl (C=O) groups excluding carboxylic acids is 1. The largest absolute Gasteiger partial charge is 0.491 e. The van der Waals surface area contributed by atoms with Gasteiger partial charge in [-0.1, -0.05) is 0 Å². The van der Waals surface area contributed by atoms with E-state index in [1.807, 2.05) is 0 Å². The molecule has 2 rings (SSSR count). The summed E-state index contributed by atoms with van der Waals surface area (Å²) in [6.45, 7) is 0.212. The number of fused-ring (bicyclic) bond motifs is 1. The summed E-state index contributed by atoms with van der Waals surface area (Å²) in [6, 6.07) is 4.16. The molecule has 0 amide bonds. The molecule has 0 saturated heterocycles. The zero-order chi connectivity index (χ0) is 10.1. The first-order chi connectivity index (χ1) is 6.74. The molecule has 3 nitrogen and oxygen atoms in total. The van der Waals surface area contributed by atoms with Gasteiger partial charge in [-0.3, -0.25) is 4.79 Å². The number of ketones is 1. The summed E-state index contributed by atoms with van der Waals surface area (Å²) >= 11 is 0. The van der Waals surface area contributed by atoms with Crippen molar-refractivity contribution in [2.24, 2.45) is 0 Å². The number of halogens is 1. The zero-order valence-electron chi connectivity index (χ0n) is 7.21. The van der Waals surface area contributed by atoms with Crippen molar-refractivity contribution in [3.63, 3.8) is 0 Å². The lowest BCUT2D eigenvalue weighted by Crippen LogP contribution is -2.16. The van der Waals surface area contributed by atoms with Gasteiger partial charge in [0.2, 0.25) is 0 Å². The SMILES string of the molecule is N#Cc1c(F)ccc2c1OCCC2=O. The number of nitriles is 1. The molecule has 0 radical (unpaired) electrons. The molecule has 1 aliphatic rings. The van der Waals surface area contributed by atoms with Crippen LogP contribution in [0.2, 0.25) is 0 Å². The summed E-state index contributed by atoms with van der Waals surface area (Å²) in [5.41, 5.74) is 0.116. The zero-order valence-corrected chi connectivity index (χ0v) is 7.21. The van der Waals surface area contributed by atoms with Crippen LogP contribution in [0, 0.1) is 17.1 Å². The van der Waals surface area contributed by atoms with Crippen LogP contribution < -0.4 is 4.74 Å². The van der Waals surface area contributed by atoms with Crippen molar-refractivity contribution < 1.29 is 13.9 Å². The Morgan fingerprint density at radius 1 is 1.50 bits per heavy atom. The summed E-state index contributed by atoms with van der Waals surface area (Å²) in [5.74, 6) is -0.674. The minimum absolute atomic E-state index is 0.0868. The average Bonchev–Trinajstić information content (AvgIpc) is 2.18. The van der Waals surface area contributed by atoms with Crippen LogP contribution in [0.3, 0.4) is 0 Å². The van der Waals surface area contributed by atoms with Crippen LogP contribution in [0.15, 0.2) is 12.1 Å². The van der Waals surface area contributed by atoms with Gasteiger partial charge in [0.1, 0.15) is 17.4 Å². The van der Waals surface area contributed by atoms with E-state index in [-0.39, 0.29) is 30.1 Å². The third kappa shape index (κ3) is 1.14. The van der Waals surface area contributed by atoms with Crippen molar-refractivity contribution in [1.29, 1.82) is 5.26 Å². The van der Waals surface area contributed by atoms with Crippen molar-refractivity contribution in [2.45, 2.75) is 6.42 Å². The Hall–Kier alpha value is -1.89. The van der Waals surface area contributed by atoms with Crippen LogP contribution in [-0.2, 0) is 0 Å². The molecule has 0 fully saturated rings. The number of ether oxygens (including phenoxy) is 1. The second-order valence-electron chi connectivity index (χ2n) is 2.93. The fourth-order valence-corrected chi connectivity index (χ4v) is 1.41. The smallest absolute Gasteiger partial charge is 0.170 e. The molecule has 1 heterocycles. The molecular formula is C10H6FNO2. The summed E-state index contributed by atoms with van der Waals surface area (Å²) in [4.78, 5) is 11.4. The lowest BCUT2D eigenvalue weighted by molar-refractivity contribution is 0.0933. The van der Waals surface area contributed by atoms with Crippen molar-refractivity contribution >= 4 is 5.78 Å². The molecule has 1 aromatic carbocycles. The third-order valence-corrected chi connectivity index (χ3v) is 2.09. The highest BCUT2D eigenvalue weighted by atomic mass is 19.1. The first-order valence-corrected chi connectivity index (χ1v) is 4.12. The summed E-state index contributed by atoms with van der Waals surface area (Å²) < 4.78 is 18.2. The summed E-state index contributed by atoms with van der Waals surface area (Å²) in [7, 11) is 0. The number of Topliss-reactive ketones (excluding diaryl/α,β-unsaturated/α-hetero) is 1. The Kier molecular flexibility index (Phi) is 1.93. The quantitative estimate of drug-likeness (QED) is 0.626. The molecule has 0 N–H and O–H groups in total. The van der Waals surface area contributed by atoms with Gasteiger partial charge < -0.3 is 4.74 Å². The van der Waals surface area contributed by atoms with Gasteiger partial charge in [0.15, 0.2) is 11.5 Å². The van der Waals surface area contributed by atoms with Crippen molar-refractivity contribution in [3.05, 3.63) is 29.1 Å². The van der Waals surface area contributed by atoms with E-state index in [1.54, 1.807) is 6.07 Å². The minimum atomic E-state index is -0.652. The summed E-state index contributed by atoms with van der Waals surface area (Å²) in [6.07, 6.45) is 0.281. The molecule has 0 atom stereocenters. The van der Waals surface area contributed by atoms with Gasteiger partial charge in [0.25, 0.3) is 0 Å². The summed E-state index contributed by atoms with van der Waals surface area (Å²) in [5, 5.41) is 8.68. The number of rotatable bonds is 0. The standard InChI is InChI=1S/C10H6FNO2/c11-8-2-1-6-9(13)3-4-14-10(6)7(8)5-12/h1-2H,3-4H2. The highest BCUT2D eigenvalue weighted by Gasteiger charge is 2.23. The highest BCUT2D eigenvalue weighted by molar-refractivity contribution is 6.00. The lowest BCUT2D eigenvalue weighted by atomic mass is 10.0. The molecule has 0 saturated carbocycles. The van der Waals surface area contributed by atoms with Crippen LogP contribution in [0.1, 0.15) is 22.3 Å². The van der Waals surface area contributed by atoms with E-state index in [4.69, 9.17) is 10.00 Å². The predicted molar refractivity (Wildman–Crippen MR) is 45.6 cm³/mol. The topological polar surface area (TPSA) is 50.1 Å². The predicted octanol–water partition coefficient (Wildman–Crippen LogP) is 1.66. The molecule has 0 spiro atoms. The van der Waals surface area contributed by atoms with Crippen molar-refractivity contribution in [2.75, 3.05) is 6.61 Å². The maximum atomic E-state index is 13.1. The minimum Gasteiger partial charge on any atom is -0.491 e. The first kappa shape index (κ1) is 8.70. The number of benzene rings is 1. The lowest BCUT2D eigenvalue weighted by Gasteiger charge is -2.17. The Bertz CT molecular complexity index is 448. The Morgan fingerprint density at radius 2 is 2.29 bits per heavy atom. The maximum absolute atomic E-state index is 13.1. The molecule has 0 bridgehead atoms. The fourth-order valence-electron chi connectivity index (χ4n) is 1.41. The molecule has 70 valence electrons. The second kappa shape index (κ2) is 3.11. The van der Waals surface area contributed by atoms with Crippen LogP contribution in [0.25, 0.3) is 0 Å². The van der Waals surface area contributed by atoms with Gasteiger partial charge in [-0.25, -0.2) is 4.39 Å².